The Labute approximate surface area is 140 Å². The average Bonchev–Trinajstić information content (AvgIpc) is 3.13. The Kier molecular flexibility index (Phi) is 71.6. The molecule has 19 heavy (non-hydrogen) atoms. The van der Waals surface area contributed by atoms with E-state index in [0.717, 1.165) is 6.42 Å². The molecule has 0 aromatic heterocycles. The monoisotopic (exact) mass is 346 g/mol. The molecule has 12 radical (unpaired) electrons. The molecule has 108 valence electrons. The third kappa shape index (κ3) is 45.7. The summed E-state index contributed by atoms with van der Waals surface area (Å²) in [6.07, 6.45) is 20.8. The Hall–Kier alpha value is 0.493. The molecule has 2 aliphatic rings. The minimum Gasteiger partial charge on any atom is -0.372 e. The fourth-order valence-electron chi connectivity index (χ4n) is 0.642. The molecule has 0 spiro atoms. The molecule has 2 nitrogen and oxygen atoms in total. The van der Waals surface area contributed by atoms with Gasteiger partial charge in [0.25, 0.3) is 0 Å². The normalized spacial score (nSPS) is 13.8. The number of rotatable bonds is 0. The molecule has 4 heteroatoms. The molecule has 2 fully saturated rings. The predicted molar refractivity (Wildman–Crippen MR) is 66.2 cm³/mol. The van der Waals surface area contributed by atoms with E-state index >= 15 is 0 Å². The van der Waals surface area contributed by atoms with Gasteiger partial charge in [-0.15, -0.1) is 0 Å². The Morgan fingerprint density at radius 2 is 0.579 bits per heavy atom. The van der Waals surface area contributed by atoms with Crippen molar-refractivity contribution in [3.63, 3.8) is 0 Å². The molecule has 2 aliphatic carbocycles. The van der Waals surface area contributed by atoms with Crippen molar-refractivity contribution in [2.75, 3.05) is 0 Å². The number of hydrogen-bond donors (Lipinski definition) is 0. The van der Waals surface area contributed by atoms with E-state index in [1.165, 1.54) is 0 Å². The molecule has 0 saturated heterocycles. The Bertz CT molecular complexity index is 108. The van der Waals surface area contributed by atoms with Crippen molar-refractivity contribution in [1.82, 2.24) is 0 Å². The van der Waals surface area contributed by atoms with Crippen molar-refractivity contribution < 1.29 is 42.9 Å². The van der Waals surface area contributed by atoms with Crippen molar-refractivity contribution in [2.24, 2.45) is 0 Å². The summed E-state index contributed by atoms with van der Waals surface area (Å²) < 4.78 is 15.0. The molecule has 0 amide bonds. The van der Waals surface area contributed by atoms with Gasteiger partial charge in [-0.25, -0.2) is 0 Å². The van der Waals surface area contributed by atoms with Crippen molar-refractivity contribution in [2.45, 2.75) is 6.42 Å². The molecule has 2 saturated carbocycles. The van der Waals surface area contributed by atoms with Gasteiger partial charge in [0.05, 0.1) is 0 Å². The molecule has 0 bridgehead atoms. The van der Waals surface area contributed by atoms with Gasteiger partial charge in [-0.2, -0.15) is 0 Å². The maximum Gasteiger partial charge on any atom is 0 e. The van der Waals surface area contributed by atoms with Crippen LogP contribution in [0.25, 0.3) is 0 Å². The minimum absolute atomic E-state index is 0. The Morgan fingerprint density at radius 1 is 0.526 bits per heavy atom. The molecule has 0 N–H and O–H groups in total. The molecule has 2 rings (SSSR count). The first-order valence-electron chi connectivity index (χ1n) is 4.74. The van der Waals surface area contributed by atoms with Gasteiger partial charge >= 0.3 is 22.6 Å². The summed E-state index contributed by atoms with van der Waals surface area (Å²) in [6.45, 7) is 15.8. The molecular weight excluding hydrogens is 330 g/mol. The van der Waals surface area contributed by atoms with Crippen LogP contribution in [0.15, 0.2) is 0 Å². The fourth-order valence-corrected chi connectivity index (χ4v) is 0.642. The van der Waals surface area contributed by atoms with Crippen LogP contribution in [-0.4, -0.2) is 0 Å². The van der Waals surface area contributed by atoms with Crippen LogP contribution in [0.2, 0.25) is 0 Å². The van der Waals surface area contributed by atoms with Gasteiger partial charge in [0.15, 0.2) is 0 Å². The molecule has 0 aromatic carbocycles. The topological polar surface area (TPSA) is 39.8 Å². The van der Waals surface area contributed by atoms with E-state index < -0.39 is 0 Å². The minimum atomic E-state index is 0. The quantitative estimate of drug-likeness (QED) is 0.478. The standard InChI is InChI=1S/2C5H5.C3H6.2CO.2Co/c2*1-2-4-5-3-1;1-3-2;2*1-2;;/h2*1-5H;1-3H2;;;;/q;;-2;;;;. The van der Waals surface area contributed by atoms with E-state index in [1.54, 1.807) is 0 Å². The van der Waals surface area contributed by atoms with Crippen molar-refractivity contribution in [3.8, 4) is 0 Å². The van der Waals surface area contributed by atoms with Crippen molar-refractivity contribution in [1.29, 1.82) is 0 Å². The van der Waals surface area contributed by atoms with E-state index in [0.29, 0.717) is 0 Å². The van der Waals surface area contributed by atoms with Crippen LogP contribution in [0.3, 0.4) is 0 Å². The summed E-state index contributed by atoms with van der Waals surface area (Å²) in [5, 5.41) is 0. The first-order valence-corrected chi connectivity index (χ1v) is 4.74. The molecule has 0 unspecified atom stereocenters. The van der Waals surface area contributed by atoms with Gasteiger partial charge < -0.3 is 20.3 Å². The summed E-state index contributed by atoms with van der Waals surface area (Å²) in [5.41, 5.74) is 0. The van der Waals surface area contributed by atoms with E-state index in [1.807, 2.05) is 64.2 Å². The van der Waals surface area contributed by atoms with Crippen LogP contribution >= 0.6 is 0 Å². The first-order chi connectivity index (χ1) is 8.41. The second kappa shape index (κ2) is 42.8. The zero-order valence-electron chi connectivity index (χ0n) is 10.4. The molecule has 0 atom stereocenters. The van der Waals surface area contributed by atoms with Crippen molar-refractivity contribution >= 4 is 0 Å². The maximum atomic E-state index is 7.50. The van der Waals surface area contributed by atoms with Crippen LogP contribution in [-0.2, 0) is 42.9 Å². The third-order valence-electron chi connectivity index (χ3n) is 1.11. The van der Waals surface area contributed by atoms with Gasteiger partial charge in [0.1, 0.15) is 0 Å². The van der Waals surface area contributed by atoms with E-state index in [4.69, 9.17) is 9.30 Å². The molecule has 0 aliphatic heterocycles. The summed E-state index contributed by atoms with van der Waals surface area (Å²) in [7, 11) is 0. The zero-order valence-corrected chi connectivity index (χ0v) is 12.5. The van der Waals surface area contributed by atoms with Crippen LogP contribution in [0.5, 0.6) is 0 Å². The summed E-state index contributed by atoms with van der Waals surface area (Å²) in [5.74, 6) is 0. The van der Waals surface area contributed by atoms with E-state index in [9.17, 15) is 0 Å². The molecule has 0 heterocycles. The van der Waals surface area contributed by atoms with Gasteiger partial charge in [0.2, 0.25) is 0 Å². The SMILES string of the molecule is [C-]#[O+].[C-]#[O+].[CH2-]C[CH2-].[CH]1[CH][CH][CH][CH]1.[CH]1[CH][CH][CH][CH]1.[Co].[Co]. The van der Waals surface area contributed by atoms with Gasteiger partial charge in [-0.1, -0.05) is 0 Å². The third-order valence-corrected chi connectivity index (χ3v) is 1.11. The predicted octanol–water partition coefficient (Wildman–Crippen LogP) is 3.01. The summed E-state index contributed by atoms with van der Waals surface area (Å²) in [6, 6.07) is 0. The molecule has 0 aromatic rings. The Morgan fingerprint density at radius 3 is 0.632 bits per heavy atom. The van der Waals surface area contributed by atoms with Gasteiger partial charge in [0, 0.05) is 33.6 Å². The van der Waals surface area contributed by atoms with Crippen LogP contribution < -0.4 is 0 Å². The number of hydrogen-bond acceptors (Lipinski definition) is 0. The largest absolute Gasteiger partial charge is 0.372 e. The maximum absolute atomic E-state index is 7.50. The second-order valence-corrected chi connectivity index (χ2v) is 2.28. The van der Waals surface area contributed by atoms with Crippen LogP contribution in [0.4, 0.5) is 0 Å². The van der Waals surface area contributed by atoms with Crippen LogP contribution in [0, 0.1) is 91.4 Å². The summed E-state index contributed by atoms with van der Waals surface area (Å²) in [4.78, 5) is 0. The zero-order chi connectivity index (χ0) is 13.8. The first kappa shape index (κ1) is 31.7. The average molecular weight is 346 g/mol. The van der Waals surface area contributed by atoms with Crippen molar-refractivity contribution in [3.05, 3.63) is 91.4 Å². The van der Waals surface area contributed by atoms with E-state index in [-0.39, 0.29) is 33.6 Å². The fraction of sp³-hybridized carbons (Fsp3) is 0.0667. The smallest absolute Gasteiger partial charge is 0 e. The van der Waals surface area contributed by atoms with Gasteiger partial charge in [-0.3, -0.25) is 0 Å². The molecular formula is C15H16Co2O2-2. The summed E-state index contributed by atoms with van der Waals surface area (Å²) >= 11 is 0. The van der Waals surface area contributed by atoms with E-state index in [2.05, 4.69) is 27.1 Å². The second-order valence-electron chi connectivity index (χ2n) is 2.28. The van der Waals surface area contributed by atoms with Crippen LogP contribution in [0.1, 0.15) is 6.42 Å². The van der Waals surface area contributed by atoms with Gasteiger partial charge in [-0.05, 0) is 64.2 Å². The Balaban J connectivity index is -0.0000000447.